The monoisotopic (exact) mass is 627 g/mol. The number of aromatic nitrogens is 2. The van der Waals surface area contributed by atoms with Gasteiger partial charge in [0.15, 0.2) is 11.5 Å². The Kier molecular flexibility index (Phi) is 7.25. The summed E-state index contributed by atoms with van der Waals surface area (Å²) in [6.45, 7) is 13.5. The number of halogens is 1. The largest absolute Gasteiger partial charge is 0.542 e. The topological polar surface area (TPSA) is 99.8 Å². The highest BCUT2D eigenvalue weighted by Crippen LogP contribution is 2.45. The molecule has 2 aromatic carbocycles. The van der Waals surface area contributed by atoms with Gasteiger partial charge in [-0.05, 0) is 55.2 Å². The molecule has 1 atom stereocenters. The van der Waals surface area contributed by atoms with Crippen LogP contribution >= 0.6 is 15.9 Å². The van der Waals surface area contributed by atoms with Gasteiger partial charge < -0.3 is 33.9 Å². The van der Waals surface area contributed by atoms with E-state index in [-0.39, 0.29) is 22.4 Å². The smallest absolute Gasteiger partial charge is 0.274 e. The lowest BCUT2D eigenvalue weighted by Gasteiger charge is -2.38. The van der Waals surface area contributed by atoms with Crippen LogP contribution in [0.5, 0.6) is 17.2 Å². The Hall–Kier alpha value is -2.95. The zero-order chi connectivity index (χ0) is 29.1. The first kappa shape index (κ1) is 28.6. The van der Waals surface area contributed by atoms with Crippen molar-refractivity contribution in [3.05, 3.63) is 46.8 Å². The highest BCUT2D eigenvalue weighted by Gasteiger charge is 2.40. The number of methoxy groups -OCH3 is 2. The van der Waals surface area contributed by atoms with Crippen molar-refractivity contribution in [1.82, 2.24) is 9.97 Å². The summed E-state index contributed by atoms with van der Waals surface area (Å²) in [5.41, 5.74) is 5.66. The number of alkyl halides is 1. The maximum absolute atomic E-state index is 14.2. The van der Waals surface area contributed by atoms with Crippen LogP contribution in [0.2, 0.25) is 18.1 Å². The van der Waals surface area contributed by atoms with Crippen molar-refractivity contribution in [1.29, 1.82) is 0 Å². The third-order valence-electron chi connectivity index (χ3n) is 8.33. The second-order valence-corrected chi connectivity index (χ2v) is 18.1. The van der Waals surface area contributed by atoms with Crippen LogP contribution in [0.15, 0.2) is 24.3 Å². The van der Waals surface area contributed by atoms with E-state index < -0.39 is 8.32 Å². The van der Waals surface area contributed by atoms with Crippen molar-refractivity contribution in [3.8, 4) is 17.2 Å². The molecule has 0 radical (unpaired) electrons. The summed E-state index contributed by atoms with van der Waals surface area (Å²) in [5, 5.41) is 11.8. The fourth-order valence-electron chi connectivity index (χ4n) is 5.26. The molecule has 40 heavy (non-hydrogen) atoms. The molecule has 0 saturated carbocycles. The maximum atomic E-state index is 14.2. The van der Waals surface area contributed by atoms with Crippen molar-refractivity contribution < 1.29 is 23.8 Å². The number of carbonyl (C=O) groups excluding carboxylic acids is 1. The molecule has 0 saturated heterocycles. The maximum Gasteiger partial charge on any atom is 0.274 e. The van der Waals surface area contributed by atoms with Crippen molar-refractivity contribution in [3.63, 3.8) is 0 Å². The first-order valence-corrected chi connectivity index (χ1v) is 17.3. The van der Waals surface area contributed by atoms with E-state index in [4.69, 9.17) is 13.9 Å². The molecule has 1 aliphatic rings. The molecule has 5 rings (SSSR count). The number of aliphatic hydroxyl groups excluding tert-OH is 1. The predicted molar refractivity (Wildman–Crippen MR) is 166 cm³/mol. The molecule has 1 unspecified atom stereocenters. The molecule has 214 valence electrons. The summed E-state index contributed by atoms with van der Waals surface area (Å²) >= 11 is 3.82. The van der Waals surface area contributed by atoms with E-state index in [9.17, 15) is 9.90 Å². The number of aliphatic hydroxyl groups is 1. The van der Waals surface area contributed by atoms with E-state index >= 15 is 0 Å². The molecule has 0 fully saturated rings. The van der Waals surface area contributed by atoms with Gasteiger partial charge in [0.25, 0.3) is 14.2 Å². The van der Waals surface area contributed by atoms with Gasteiger partial charge in [0, 0.05) is 39.5 Å². The summed E-state index contributed by atoms with van der Waals surface area (Å²) in [7, 11) is 0.918. The zero-order valence-corrected chi connectivity index (χ0v) is 27.0. The third kappa shape index (κ3) is 4.69. The predicted octanol–water partition coefficient (Wildman–Crippen LogP) is 6.82. The molecule has 2 aromatic heterocycles. The van der Waals surface area contributed by atoms with Crippen molar-refractivity contribution >= 4 is 57.6 Å². The highest BCUT2D eigenvalue weighted by molar-refractivity contribution is 9.09. The van der Waals surface area contributed by atoms with Crippen LogP contribution in [0.3, 0.4) is 0 Å². The first-order chi connectivity index (χ1) is 18.8. The van der Waals surface area contributed by atoms with E-state index in [0.717, 1.165) is 45.4 Å². The number of fused-ring (bicyclic) bond motifs is 4. The summed E-state index contributed by atoms with van der Waals surface area (Å²) in [4.78, 5) is 22.9. The van der Waals surface area contributed by atoms with Crippen molar-refractivity contribution in [2.45, 2.75) is 63.7 Å². The van der Waals surface area contributed by atoms with Gasteiger partial charge in [-0.2, -0.15) is 0 Å². The molecule has 1 amide bonds. The molecule has 10 heteroatoms. The number of rotatable bonds is 6. The summed E-state index contributed by atoms with van der Waals surface area (Å²) < 4.78 is 18.0. The minimum Gasteiger partial charge on any atom is -0.542 e. The minimum absolute atomic E-state index is 0.0191. The van der Waals surface area contributed by atoms with Crippen molar-refractivity contribution in [2.24, 2.45) is 0 Å². The number of anilines is 1. The van der Waals surface area contributed by atoms with Crippen LogP contribution in [0, 0.1) is 6.92 Å². The number of amides is 1. The molecule has 0 aliphatic carbocycles. The SMILES string of the molecule is COc1c(CO)cc2cc(C(=O)N3CC(Br)Cc4c3cc(O[Si](C)(C)C(C)(C)C)c3[nH]c(C)cc43)[nH]c2c1OC. The van der Waals surface area contributed by atoms with Gasteiger partial charge in [0.2, 0.25) is 0 Å². The third-order valence-corrected chi connectivity index (χ3v) is 13.3. The molecule has 8 nitrogen and oxygen atoms in total. The number of hydrogen-bond acceptors (Lipinski definition) is 5. The Morgan fingerprint density at radius 1 is 1.10 bits per heavy atom. The average Bonchev–Trinajstić information content (AvgIpc) is 3.49. The number of nitrogens with one attached hydrogen (secondary N) is 2. The summed E-state index contributed by atoms with van der Waals surface area (Å²) in [6, 6.07) is 7.82. The lowest BCUT2D eigenvalue weighted by molar-refractivity contribution is 0.0981. The minimum atomic E-state index is -2.16. The number of benzene rings is 2. The van der Waals surface area contributed by atoms with Crippen LogP contribution in [0.25, 0.3) is 21.8 Å². The van der Waals surface area contributed by atoms with Gasteiger partial charge >= 0.3 is 0 Å². The number of nitrogens with zero attached hydrogens (tertiary/aromatic N) is 1. The van der Waals surface area contributed by atoms with Crippen LogP contribution in [0.1, 0.15) is 48.1 Å². The Bertz CT molecular complexity index is 1620. The number of carbonyl (C=O) groups is 1. The normalized spacial score (nSPS) is 15.9. The van der Waals surface area contributed by atoms with Gasteiger partial charge in [0.1, 0.15) is 11.4 Å². The summed E-state index contributed by atoms with van der Waals surface area (Å²) in [6.07, 6.45) is 0.796. The second kappa shape index (κ2) is 10.1. The lowest BCUT2D eigenvalue weighted by atomic mass is 9.97. The van der Waals surface area contributed by atoms with Gasteiger partial charge in [-0.3, -0.25) is 4.79 Å². The van der Waals surface area contributed by atoms with E-state index in [1.807, 2.05) is 30.0 Å². The van der Waals surface area contributed by atoms with Crippen molar-refractivity contribution in [2.75, 3.05) is 25.7 Å². The number of ether oxygens (including phenoxy) is 2. The molecule has 0 bridgehead atoms. The Morgan fingerprint density at radius 2 is 1.80 bits per heavy atom. The number of aryl methyl sites for hydroxylation is 1. The first-order valence-electron chi connectivity index (χ1n) is 13.5. The number of aromatic amines is 2. The average molecular weight is 629 g/mol. The van der Waals surface area contributed by atoms with E-state index in [1.54, 1.807) is 7.11 Å². The Labute approximate surface area is 244 Å². The highest BCUT2D eigenvalue weighted by atomic mass is 79.9. The molecule has 4 aromatic rings. The lowest BCUT2D eigenvalue weighted by Crippen LogP contribution is -2.44. The standard InChI is InChI=1S/C30H38BrN3O5Si/c1-16-9-21-20-12-19(31)14-34(23(20)13-24(26(21)32-16)39-40(7,8)30(2,3)4)29(36)22-11-17-10-18(15-35)27(37-5)28(38-6)25(17)33-22/h9-11,13,19,32-33,35H,12,14-15H2,1-8H3. The van der Waals surface area contributed by atoms with Crippen LogP contribution in [-0.2, 0) is 13.0 Å². The fraction of sp³-hybridized carbons (Fsp3) is 0.433. The van der Waals surface area contributed by atoms with E-state index in [0.29, 0.717) is 34.8 Å². The molecule has 3 heterocycles. The van der Waals surface area contributed by atoms with Gasteiger partial charge in [-0.1, -0.05) is 36.7 Å². The molecular weight excluding hydrogens is 590 g/mol. The molecular formula is C30H38BrN3O5Si. The quantitative estimate of drug-likeness (QED) is 0.161. The molecule has 0 spiro atoms. The van der Waals surface area contributed by atoms with Gasteiger partial charge in [-0.25, -0.2) is 0 Å². The summed E-state index contributed by atoms with van der Waals surface area (Å²) in [5.74, 6) is 1.53. The Balaban J connectivity index is 1.66. The van der Waals surface area contributed by atoms with Crippen LogP contribution in [-0.4, -0.2) is 54.9 Å². The number of H-pyrrole nitrogens is 2. The fourth-order valence-corrected chi connectivity index (χ4v) is 6.89. The molecule has 3 N–H and O–H groups in total. The molecule has 1 aliphatic heterocycles. The zero-order valence-electron chi connectivity index (χ0n) is 24.4. The second-order valence-electron chi connectivity index (χ2n) is 12.1. The Morgan fingerprint density at radius 3 is 2.42 bits per heavy atom. The van der Waals surface area contributed by atoms with E-state index in [2.05, 4.69) is 65.8 Å². The van der Waals surface area contributed by atoms with Gasteiger partial charge in [0.05, 0.1) is 37.5 Å². The number of hydrogen-bond donors (Lipinski definition) is 3. The van der Waals surface area contributed by atoms with Crippen LogP contribution < -0.4 is 18.8 Å². The van der Waals surface area contributed by atoms with Gasteiger partial charge in [-0.15, -0.1) is 0 Å². The van der Waals surface area contributed by atoms with E-state index in [1.165, 1.54) is 7.11 Å². The van der Waals surface area contributed by atoms with Crippen LogP contribution in [0.4, 0.5) is 5.69 Å².